The summed E-state index contributed by atoms with van der Waals surface area (Å²) in [5.74, 6) is -0.500. The van der Waals surface area contributed by atoms with Crippen LogP contribution in [0.5, 0.6) is 0 Å². The Morgan fingerprint density at radius 2 is 2.50 bits per heavy atom. The molecule has 0 atom stereocenters. The van der Waals surface area contributed by atoms with Crippen molar-refractivity contribution in [2.75, 3.05) is 13.2 Å². The van der Waals surface area contributed by atoms with Crippen molar-refractivity contribution in [3.05, 3.63) is 24.4 Å². The van der Waals surface area contributed by atoms with Crippen molar-refractivity contribution in [1.82, 2.24) is 4.90 Å². The highest BCUT2D eigenvalue weighted by Crippen LogP contribution is 2.16. The van der Waals surface area contributed by atoms with E-state index in [1.54, 1.807) is 13.0 Å². The number of carbonyl (C=O) groups excluding carboxylic acids is 2. The summed E-state index contributed by atoms with van der Waals surface area (Å²) in [4.78, 5) is 24.0. The molecule has 0 saturated carbocycles. The van der Waals surface area contributed by atoms with Crippen LogP contribution in [0, 0.1) is 0 Å². The van der Waals surface area contributed by atoms with Gasteiger partial charge in [-0.15, -0.1) is 6.58 Å². The van der Waals surface area contributed by atoms with E-state index in [1.807, 2.05) is 0 Å². The molecule has 0 bridgehead atoms. The van der Waals surface area contributed by atoms with E-state index in [2.05, 4.69) is 6.58 Å². The van der Waals surface area contributed by atoms with Crippen molar-refractivity contribution in [1.29, 1.82) is 0 Å². The number of rotatable bonds is 4. The van der Waals surface area contributed by atoms with E-state index in [9.17, 15) is 9.59 Å². The topological polar surface area (TPSA) is 46.6 Å². The zero-order valence-electron chi connectivity index (χ0n) is 8.16. The maximum absolute atomic E-state index is 11.3. The highest BCUT2D eigenvalue weighted by atomic mass is 16.5. The Balaban J connectivity index is 2.64. The van der Waals surface area contributed by atoms with Crippen LogP contribution in [-0.2, 0) is 14.3 Å². The monoisotopic (exact) mass is 195 g/mol. The van der Waals surface area contributed by atoms with E-state index in [0.29, 0.717) is 18.7 Å². The molecule has 1 amide bonds. The zero-order chi connectivity index (χ0) is 10.6. The van der Waals surface area contributed by atoms with Crippen LogP contribution in [0.1, 0.15) is 13.3 Å². The van der Waals surface area contributed by atoms with Crippen molar-refractivity contribution in [2.24, 2.45) is 0 Å². The molecular formula is C10H13NO3. The third-order valence-corrected chi connectivity index (χ3v) is 1.84. The zero-order valence-corrected chi connectivity index (χ0v) is 8.16. The van der Waals surface area contributed by atoms with E-state index < -0.39 is 5.97 Å². The summed E-state index contributed by atoms with van der Waals surface area (Å²) in [7, 11) is 0. The number of amides is 1. The number of carbonyl (C=O) groups is 2. The first-order valence-electron chi connectivity index (χ1n) is 4.47. The molecule has 0 fully saturated rings. The predicted octanol–water partition coefficient (Wildman–Crippen LogP) is 0.852. The largest absolute Gasteiger partial charge is 0.463 e. The second-order valence-corrected chi connectivity index (χ2v) is 2.89. The molecule has 0 aliphatic carbocycles. The summed E-state index contributed by atoms with van der Waals surface area (Å²) in [6, 6.07) is 0. The first-order chi connectivity index (χ1) is 6.69. The maximum Gasteiger partial charge on any atom is 0.336 e. The number of ether oxygens (including phenoxy) is 1. The number of hydrogen-bond donors (Lipinski definition) is 0. The van der Waals surface area contributed by atoms with Gasteiger partial charge in [-0.2, -0.15) is 0 Å². The molecule has 76 valence electrons. The van der Waals surface area contributed by atoms with Crippen molar-refractivity contribution in [3.63, 3.8) is 0 Å². The van der Waals surface area contributed by atoms with Gasteiger partial charge in [0.05, 0.1) is 18.6 Å². The normalized spacial score (nSPS) is 15.4. The predicted molar refractivity (Wildman–Crippen MR) is 51.2 cm³/mol. The molecule has 0 unspecified atom stereocenters. The summed E-state index contributed by atoms with van der Waals surface area (Å²) < 4.78 is 4.79. The van der Waals surface area contributed by atoms with Crippen LogP contribution in [0.3, 0.4) is 0 Å². The lowest BCUT2D eigenvalue weighted by atomic mass is 10.2. The van der Waals surface area contributed by atoms with Gasteiger partial charge in [-0.3, -0.25) is 4.79 Å². The average Bonchev–Trinajstić information content (AvgIpc) is 2.49. The van der Waals surface area contributed by atoms with Crippen LogP contribution in [0.4, 0.5) is 0 Å². The molecule has 4 nitrogen and oxygen atoms in total. The average molecular weight is 195 g/mol. The lowest BCUT2D eigenvalue weighted by Gasteiger charge is -2.08. The third kappa shape index (κ3) is 2.22. The number of nitrogens with zero attached hydrogens (tertiary/aromatic N) is 1. The Labute approximate surface area is 82.8 Å². The second kappa shape index (κ2) is 4.60. The third-order valence-electron chi connectivity index (χ3n) is 1.84. The van der Waals surface area contributed by atoms with Gasteiger partial charge in [0.1, 0.15) is 0 Å². The highest BCUT2D eigenvalue weighted by Gasteiger charge is 2.25. The molecule has 0 spiro atoms. The van der Waals surface area contributed by atoms with Gasteiger partial charge in [-0.1, -0.05) is 6.08 Å². The molecule has 1 rings (SSSR count). The van der Waals surface area contributed by atoms with Crippen LogP contribution in [0.25, 0.3) is 0 Å². The first-order valence-corrected chi connectivity index (χ1v) is 4.47. The van der Waals surface area contributed by atoms with Gasteiger partial charge >= 0.3 is 5.97 Å². The lowest BCUT2D eigenvalue weighted by molar-refractivity contribution is -0.139. The smallest absolute Gasteiger partial charge is 0.336 e. The summed E-state index contributed by atoms with van der Waals surface area (Å²) in [5, 5.41) is 0. The summed E-state index contributed by atoms with van der Waals surface area (Å²) in [5.41, 5.74) is 0.415. The SMILES string of the molecule is C=CCN1C=C(C(=O)OCC)CC1=O. The van der Waals surface area contributed by atoms with Gasteiger partial charge in [0.25, 0.3) is 0 Å². The van der Waals surface area contributed by atoms with Crippen LogP contribution >= 0.6 is 0 Å². The summed E-state index contributed by atoms with van der Waals surface area (Å²) >= 11 is 0. The molecular weight excluding hydrogens is 182 g/mol. The Morgan fingerprint density at radius 3 is 3.07 bits per heavy atom. The van der Waals surface area contributed by atoms with E-state index in [1.165, 1.54) is 11.1 Å². The Kier molecular flexibility index (Phi) is 3.45. The molecule has 0 saturated heterocycles. The summed E-state index contributed by atoms with van der Waals surface area (Å²) in [6.45, 7) is 6.02. The van der Waals surface area contributed by atoms with Crippen molar-refractivity contribution in [2.45, 2.75) is 13.3 Å². The van der Waals surface area contributed by atoms with E-state index in [4.69, 9.17) is 4.74 Å². The number of esters is 1. The van der Waals surface area contributed by atoms with Gasteiger partial charge in [0.2, 0.25) is 5.91 Å². The van der Waals surface area contributed by atoms with E-state index >= 15 is 0 Å². The van der Waals surface area contributed by atoms with Gasteiger partial charge in [-0.25, -0.2) is 4.79 Å². The van der Waals surface area contributed by atoms with Gasteiger partial charge in [0.15, 0.2) is 0 Å². The van der Waals surface area contributed by atoms with Crippen LogP contribution in [-0.4, -0.2) is 29.9 Å². The summed E-state index contributed by atoms with van der Waals surface area (Å²) in [6.07, 6.45) is 3.27. The molecule has 1 aliphatic heterocycles. The maximum atomic E-state index is 11.3. The minimum absolute atomic E-state index is 0.0899. The lowest BCUT2D eigenvalue weighted by Crippen LogP contribution is -2.20. The molecule has 0 aromatic rings. The minimum atomic E-state index is -0.410. The molecule has 4 heteroatoms. The fourth-order valence-electron chi connectivity index (χ4n) is 1.21. The van der Waals surface area contributed by atoms with Crippen LogP contribution in [0.2, 0.25) is 0 Å². The first kappa shape index (κ1) is 10.5. The quantitative estimate of drug-likeness (QED) is 0.493. The second-order valence-electron chi connectivity index (χ2n) is 2.89. The molecule has 0 N–H and O–H groups in total. The van der Waals surface area contributed by atoms with Gasteiger partial charge < -0.3 is 9.64 Å². The van der Waals surface area contributed by atoms with Gasteiger partial charge in [0, 0.05) is 12.7 Å². The van der Waals surface area contributed by atoms with Crippen molar-refractivity contribution < 1.29 is 14.3 Å². The van der Waals surface area contributed by atoms with E-state index in [-0.39, 0.29) is 12.3 Å². The Bertz CT molecular complexity index is 294. The highest BCUT2D eigenvalue weighted by molar-refractivity contribution is 5.98. The number of hydrogen-bond acceptors (Lipinski definition) is 3. The fraction of sp³-hybridized carbons (Fsp3) is 0.400. The van der Waals surface area contributed by atoms with Crippen LogP contribution in [0.15, 0.2) is 24.4 Å². The molecule has 0 aromatic heterocycles. The molecule has 0 aromatic carbocycles. The standard InChI is InChI=1S/C10H13NO3/c1-3-5-11-7-8(6-9(11)12)10(13)14-4-2/h3,7H,1,4-6H2,2H3. The van der Waals surface area contributed by atoms with E-state index in [0.717, 1.165) is 0 Å². The minimum Gasteiger partial charge on any atom is -0.463 e. The fourth-order valence-corrected chi connectivity index (χ4v) is 1.21. The molecule has 14 heavy (non-hydrogen) atoms. The Hall–Kier alpha value is -1.58. The Morgan fingerprint density at radius 1 is 1.79 bits per heavy atom. The van der Waals surface area contributed by atoms with Crippen LogP contribution < -0.4 is 0 Å². The van der Waals surface area contributed by atoms with Gasteiger partial charge in [-0.05, 0) is 6.92 Å². The van der Waals surface area contributed by atoms with Crippen molar-refractivity contribution in [3.8, 4) is 0 Å². The molecule has 0 radical (unpaired) electrons. The molecule has 1 aliphatic rings. The molecule has 1 heterocycles. The van der Waals surface area contributed by atoms with Crippen molar-refractivity contribution >= 4 is 11.9 Å².